The van der Waals surface area contributed by atoms with Gasteiger partial charge in [0.2, 0.25) is 0 Å². The minimum atomic E-state index is -0.217. The topological polar surface area (TPSA) is 50.3 Å². The van der Waals surface area contributed by atoms with Crippen molar-refractivity contribution in [3.05, 3.63) is 137 Å². The summed E-state index contributed by atoms with van der Waals surface area (Å²) in [5.41, 5.74) is 3.19. The molecule has 180 valence electrons. The molecule has 0 saturated carbocycles. The van der Waals surface area contributed by atoms with E-state index in [1.807, 2.05) is 72.8 Å². The van der Waals surface area contributed by atoms with Crippen molar-refractivity contribution >= 4 is 66.9 Å². The summed E-state index contributed by atoms with van der Waals surface area (Å²) in [7, 11) is 0. The normalized spacial score (nSPS) is 12.8. The van der Waals surface area contributed by atoms with Crippen LogP contribution in [0.25, 0.3) is 27.6 Å². The third-order valence-corrected chi connectivity index (χ3v) is 7.93. The van der Waals surface area contributed by atoms with Gasteiger partial charge in [-0.2, -0.15) is 0 Å². The average Bonchev–Trinajstić information content (AvgIpc) is 3.51. The number of carbonyl (C=O) groups excluding carboxylic acids is 2. The largest absolute Gasteiger partial charge is 0.301 e. The first-order valence-corrected chi connectivity index (χ1v) is 13.1. The number of nitrogens with zero attached hydrogens (tertiary/aromatic N) is 2. The average molecular weight is 509 g/mol. The van der Waals surface area contributed by atoms with Crippen LogP contribution in [0.4, 0.5) is 16.4 Å². The second-order valence-electron chi connectivity index (χ2n) is 9.18. The molecule has 0 saturated heterocycles. The van der Waals surface area contributed by atoms with E-state index in [1.165, 1.54) is 11.3 Å². The number of Topliss-reactive ketones (excluding diaryl/α,β-unsaturated/α-hetero) is 2. The Morgan fingerprint density at radius 1 is 0.658 bits per heavy atom. The molecular weight excluding hydrogens is 488 g/mol. The third kappa shape index (κ3) is 3.64. The van der Waals surface area contributed by atoms with Crippen molar-refractivity contribution in [1.29, 1.82) is 0 Å². The van der Waals surface area contributed by atoms with Gasteiger partial charge in [0.1, 0.15) is 5.00 Å². The number of benzene rings is 4. The number of fused-ring (bicyclic) bond motifs is 3. The molecule has 2 aromatic heterocycles. The smallest absolute Gasteiger partial charge is 0.197 e. The molecule has 0 amide bonds. The summed E-state index contributed by atoms with van der Waals surface area (Å²) in [6.45, 7) is 0. The molecule has 7 rings (SSSR count). The third-order valence-electron chi connectivity index (χ3n) is 6.91. The number of hydrogen-bond acceptors (Lipinski definition) is 5. The van der Waals surface area contributed by atoms with Crippen LogP contribution in [0, 0.1) is 0 Å². The van der Waals surface area contributed by atoms with E-state index in [0.717, 1.165) is 42.8 Å². The number of anilines is 3. The Labute approximate surface area is 223 Å². The lowest BCUT2D eigenvalue weighted by Crippen LogP contribution is -2.08. The monoisotopic (exact) mass is 508 g/mol. The van der Waals surface area contributed by atoms with Crippen LogP contribution in [0.15, 0.2) is 121 Å². The molecule has 1 aliphatic carbocycles. The fourth-order valence-electron chi connectivity index (χ4n) is 5.10. The summed E-state index contributed by atoms with van der Waals surface area (Å²) in [4.78, 5) is 33.8. The summed E-state index contributed by atoms with van der Waals surface area (Å²) in [6.07, 6.45) is 5.29. The maximum absolute atomic E-state index is 13.3. The van der Waals surface area contributed by atoms with E-state index in [0.29, 0.717) is 11.1 Å². The van der Waals surface area contributed by atoms with Gasteiger partial charge in [-0.3, -0.25) is 14.6 Å². The minimum Gasteiger partial charge on any atom is -0.301 e. The van der Waals surface area contributed by atoms with Crippen LogP contribution in [-0.2, 0) is 0 Å². The number of rotatable bonds is 4. The molecular formula is C33H20N2O2S. The lowest BCUT2D eigenvalue weighted by Gasteiger charge is -2.24. The van der Waals surface area contributed by atoms with Crippen molar-refractivity contribution in [3.8, 4) is 0 Å². The van der Waals surface area contributed by atoms with Crippen LogP contribution >= 0.6 is 11.3 Å². The number of pyridine rings is 1. The molecule has 0 spiro atoms. The van der Waals surface area contributed by atoms with Crippen molar-refractivity contribution in [2.45, 2.75) is 0 Å². The quantitative estimate of drug-likeness (QED) is 0.177. The van der Waals surface area contributed by atoms with Crippen molar-refractivity contribution in [1.82, 2.24) is 4.98 Å². The highest BCUT2D eigenvalue weighted by Gasteiger charge is 2.33. The van der Waals surface area contributed by atoms with E-state index in [2.05, 4.69) is 40.2 Å². The van der Waals surface area contributed by atoms with Crippen molar-refractivity contribution in [2.24, 2.45) is 0 Å². The van der Waals surface area contributed by atoms with E-state index in [4.69, 9.17) is 0 Å². The molecule has 38 heavy (non-hydrogen) atoms. The van der Waals surface area contributed by atoms with Crippen molar-refractivity contribution in [2.75, 3.05) is 4.90 Å². The van der Waals surface area contributed by atoms with Gasteiger partial charge < -0.3 is 4.90 Å². The molecule has 0 bridgehead atoms. The van der Waals surface area contributed by atoms with Crippen LogP contribution < -0.4 is 4.90 Å². The van der Waals surface area contributed by atoms with E-state index in [1.54, 1.807) is 18.5 Å². The second kappa shape index (κ2) is 8.91. The first-order valence-electron chi connectivity index (χ1n) is 12.3. The van der Waals surface area contributed by atoms with Crippen molar-refractivity contribution in [3.63, 3.8) is 0 Å². The summed E-state index contributed by atoms with van der Waals surface area (Å²) in [5.74, 6) is -0.434. The number of hydrogen-bond donors (Lipinski definition) is 0. The molecule has 0 radical (unpaired) electrons. The predicted octanol–water partition coefficient (Wildman–Crippen LogP) is 8.38. The Morgan fingerprint density at radius 2 is 1.29 bits per heavy atom. The van der Waals surface area contributed by atoms with Gasteiger partial charge in [-0.1, -0.05) is 60.7 Å². The van der Waals surface area contributed by atoms with Crippen LogP contribution in [0.1, 0.15) is 25.6 Å². The summed E-state index contributed by atoms with van der Waals surface area (Å²) in [6, 6.07) is 34.0. The standard InChI is InChI=1S/C33H20N2O2S/c36-32-27-18-22-7-1-2-8-23(22)19-28(27)33(37)29(32)20-25-12-13-31(38-25)35(24-14-16-34-17-15-24)30-11-5-9-21-6-3-4-10-26(21)30/h1-20H. The minimum absolute atomic E-state index is 0.212. The van der Waals surface area contributed by atoms with E-state index < -0.39 is 0 Å². The molecule has 0 fully saturated rings. The molecule has 1 aliphatic rings. The number of thiophene rings is 1. The highest BCUT2D eigenvalue weighted by molar-refractivity contribution is 7.17. The highest BCUT2D eigenvalue weighted by atomic mass is 32.1. The van der Waals surface area contributed by atoms with Gasteiger partial charge in [-0.25, -0.2) is 0 Å². The number of aromatic nitrogens is 1. The zero-order valence-corrected chi connectivity index (χ0v) is 21.0. The Balaban J connectivity index is 1.32. The lowest BCUT2D eigenvalue weighted by molar-refractivity contribution is 0.0990. The number of allylic oxidation sites excluding steroid dienone is 1. The molecule has 0 unspecified atom stereocenters. The zero-order valence-electron chi connectivity index (χ0n) is 20.2. The molecule has 4 aromatic carbocycles. The fourth-order valence-corrected chi connectivity index (χ4v) is 6.09. The van der Waals surface area contributed by atoms with Gasteiger partial charge in [0.05, 0.1) is 11.3 Å². The van der Waals surface area contributed by atoms with Gasteiger partial charge in [0, 0.05) is 39.5 Å². The van der Waals surface area contributed by atoms with Crippen LogP contribution in [0.2, 0.25) is 0 Å². The van der Waals surface area contributed by atoms with E-state index in [9.17, 15) is 9.59 Å². The van der Waals surface area contributed by atoms with Gasteiger partial charge in [0.25, 0.3) is 0 Å². The first kappa shape index (κ1) is 22.3. The summed E-state index contributed by atoms with van der Waals surface area (Å²) in [5, 5.41) is 5.16. The Bertz CT molecular complexity index is 1860. The molecule has 4 nitrogen and oxygen atoms in total. The van der Waals surface area contributed by atoms with Crippen molar-refractivity contribution < 1.29 is 9.59 Å². The second-order valence-corrected chi connectivity index (χ2v) is 10.3. The highest BCUT2D eigenvalue weighted by Crippen LogP contribution is 2.42. The maximum Gasteiger partial charge on any atom is 0.197 e. The lowest BCUT2D eigenvalue weighted by atomic mass is 10.0. The Hall–Kier alpha value is -4.87. The number of carbonyl (C=O) groups is 2. The molecule has 0 N–H and O–H groups in total. The van der Waals surface area contributed by atoms with Gasteiger partial charge in [0.15, 0.2) is 11.6 Å². The zero-order chi connectivity index (χ0) is 25.6. The fraction of sp³-hybridized carbons (Fsp3) is 0. The van der Waals surface area contributed by atoms with E-state index in [-0.39, 0.29) is 17.1 Å². The van der Waals surface area contributed by atoms with Gasteiger partial charge >= 0.3 is 0 Å². The van der Waals surface area contributed by atoms with E-state index >= 15 is 0 Å². The molecule has 0 atom stereocenters. The number of ketones is 2. The van der Waals surface area contributed by atoms with Crippen LogP contribution in [0.5, 0.6) is 0 Å². The van der Waals surface area contributed by atoms with Crippen LogP contribution in [0.3, 0.4) is 0 Å². The maximum atomic E-state index is 13.3. The molecule has 6 aromatic rings. The van der Waals surface area contributed by atoms with Gasteiger partial charge in [-0.15, -0.1) is 11.3 Å². The first-order chi connectivity index (χ1) is 18.7. The SMILES string of the molecule is O=C1C(=Cc2ccc(N(c3ccncc3)c3cccc4ccccc34)s2)C(=O)c2cc3ccccc3cc21. The molecule has 5 heteroatoms. The van der Waals surface area contributed by atoms with Gasteiger partial charge in [-0.05, 0) is 64.7 Å². The molecule has 0 aliphatic heterocycles. The van der Waals surface area contributed by atoms with Crippen LogP contribution in [-0.4, -0.2) is 16.6 Å². The summed E-state index contributed by atoms with van der Waals surface area (Å²) >= 11 is 1.54. The predicted molar refractivity (Wildman–Crippen MR) is 155 cm³/mol. The Morgan fingerprint density at radius 3 is 2.00 bits per heavy atom. The molecule has 2 heterocycles. The summed E-state index contributed by atoms with van der Waals surface area (Å²) < 4.78 is 0. The Kier molecular flexibility index (Phi) is 5.23.